The molecule has 1 saturated heterocycles. The van der Waals surface area contributed by atoms with Crippen LogP contribution in [-0.2, 0) is 14.8 Å². The summed E-state index contributed by atoms with van der Waals surface area (Å²) < 4.78 is 25.9. The summed E-state index contributed by atoms with van der Waals surface area (Å²) in [5, 5.41) is 9.00. The van der Waals surface area contributed by atoms with Crippen molar-refractivity contribution in [1.29, 1.82) is 0 Å². The van der Waals surface area contributed by atoms with E-state index in [2.05, 4.69) is 4.72 Å². The molecule has 1 aromatic carbocycles. The average molecular weight is 340 g/mol. The van der Waals surface area contributed by atoms with Gasteiger partial charge in [-0.1, -0.05) is 12.1 Å². The first-order valence-electron chi connectivity index (χ1n) is 7.45. The van der Waals surface area contributed by atoms with Gasteiger partial charge in [-0.05, 0) is 31.9 Å². The van der Waals surface area contributed by atoms with Crippen LogP contribution in [0, 0.1) is 5.92 Å². The molecular weight excluding hydrogens is 320 g/mol. The van der Waals surface area contributed by atoms with E-state index in [0.29, 0.717) is 25.9 Å². The van der Waals surface area contributed by atoms with Crippen molar-refractivity contribution in [3.63, 3.8) is 0 Å². The number of carboxylic acids is 1. The van der Waals surface area contributed by atoms with Gasteiger partial charge >= 0.3 is 5.97 Å². The zero-order chi connectivity index (χ0) is 17.0. The van der Waals surface area contributed by atoms with Crippen LogP contribution in [0.4, 0.5) is 5.69 Å². The number of carbonyl (C=O) groups is 2. The van der Waals surface area contributed by atoms with Gasteiger partial charge in [-0.15, -0.1) is 0 Å². The van der Waals surface area contributed by atoms with Crippen LogP contribution in [0.1, 0.15) is 30.1 Å². The highest BCUT2D eigenvalue weighted by molar-refractivity contribution is 7.92. The lowest BCUT2D eigenvalue weighted by Crippen LogP contribution is -2.40. The number of amides is 1. The first-order valence-corrected chi connectivity index (χ1v) is 9.11. The Morgan fingerprint density at radius 3 is 2.43 bits per heavy atom. The number of benzene rings is 1. The second kappa shape index (κ2) is 6.99. The minimum absolute atomic E-state index is 0.0838. The van der Waals surface area contributed by atoms with Crippen molar-refractivity contribution >= 4 is 27.6 Å². The molecule has 1 aliphatic heterocycles. The van der Waals surface area contributed by atoms with Crippen molar-refractivity contribution in [3.05, 3.63) is 29.8 Å². The number of nitrogens with one attached hydrogen (secondary N) is 1. The molecule has 1 fully saturated rings. The van der Waals surface area contributed by atoms with Gasteiger partial charge in [0.25, 0.3) is 5.91 Å². The van der Waals surface area contributed by atoms with Crippen molar-refractivity contribution in [2.45, 2.75) is 19.8 Å². The van der Waals surface area contributed by atoms with E-state index < -0.39 is 21.9 Å². The number of anilines is 1. The highest BCUT2D eigenvalue weighted by Crippen LogP contribution is 2.23. The number of hydrogen-bond donors (Lipinski definition) is 2. The number of nitrogens with zero attached hydrogens (tertiary/aromatic N) is 1. The van der Waals surface area contributed by atoms with Gasteiger partial charge < -0.3 is 10.0 Å². The van der Waals surface area contributed by atoms with Crippen LogP contribution in [0.15, 0.2) is 24.3 Å². The minimum atomic E-state index is -3.48. The maximum atomic E-state index is 12.6. The average Bonchev–Trinajstić information content (AvgIpc) is 2.54. The Bertz CT molecular complexity index is 694. The van der Waals surface area contributed by atoms with E-state index >= 15 is 0 Å². The third-order valence-electron chi connectivity index (χ3n) is 3.93. The number of hydrogen-bond acceptors (Lipinski definition) is 4. The van der Waals surface area contributed by atoms with Gasteiger partial charge in [-0.3, -0.25) is 14.3 Å². The zero-order valence-electron chi connectivity index (χ0n) is 12.9. The summed E-state index contributed by atoms with van der Waals surface area (Å²) in [6.07, 6.45) is 0.813. The molecule has 126 valence electrons. The van der Waals surface area contributed by atoms with E-state index in [-0.39, 0.29) is 22.9 Å². The van der Waals surface area contributed by atoms with Gasteiger partial charge in [0.1, 0.15) is 0 Å². The van der Waals surface area contributed by atoms with Gasteiger partial charge in [0.15, 0.2) is 0 Å². The monoisotopic (exact) mass is 340 g/mol. The molecule has 8 heteroatoms. The molecule has 0 spiro atoms. The van der Waals surface area contributed by atoms with Crippen LogP contribution >= 0.6 is 0 Å². The summed E-state index contributed by atoms with van der Waals surface area (Å²) in [6, 6.07) is 6.44. The number of piperidine rings is 1. The Kier molecular flexibility index (Phi) is 5.25. The van der Waals surface area contributed by atoms with Crippen molar-refractivity contribution in [1.82, 2.24) is 4.90 Å². The predicted octanol–water partition coefficient (Wildman–Crippen LogP) is 1.38. The van der Waals surface area contributed by atoms with Gasteiger partial charge in [0.2, 0.25) is 10.0 Å². The Morgan fingerprint density at radius 1 is 1.26 bits per heavy atom. The molecule has 1 amide bonds. The van der Waals surface area contributed by atoms with Crippen LogP contribution < -0.4 is 4.72 Å². The molecule has 1 aromatic rings. The van der Waals surface area contributed by atoms with Gasteiger partial charge in [-0.2, -0.15) is 0 Å². The van der Waals surface area contributed by atoms with Gasteiger partial charge in [-0.25, -0.2) is 8.42 Å². The standard InChI is InChI=1S/C15H20N2O5S/c1-2-23(21,22)16-13-6-4-3-5-12(13)14(18)17-9-7-11(8-10-17)15(19)20/h3-6,11,16H,2,7-10H2,1H3,(H,19,20). The van der Waals surface area contributed by atoms with Gasteiger partial charge in [0.05, 0.1) is 22.9 Å². The second-order valence-electron chi connectivity index (χ2n) is 5.46. The summed E-state index contributed by atoms with van der Waals surface area (Å²) in [5.74, 6) is -1.64. The van der Waals surface area contributed by atoms with Crippen LogP contribution in [0.5, 0.6) is 0 Å². The molecule has 1 heterocycles. The number of carboxylic acid groups (broad SMARTS) is 1. The molecule has 0 unspecified atom stereocenters. The van der Waals surface area contributed by atoms with E-state index in [4.69, 9.17) is 5.11 Å². The first-order chi connectivity index (χ1) is 10.8. The maximum Gasteiger partial charge on any atom is 0.306 e. The Morgan fingerprint density at radius 2 is 1.87 bits per heavy atom. The fraction of sp³-hybridized carbons (Fsp3) is 0.467. The SMILES string of the molecule is CCS(=O)(=O)Nc1ccccc1C(=O)N1CCC(C(=O)O)CC1. The normalized spacial score (nSPS) is 16.1. The van der Waals surface area contributed by atoms with Gasteiger partial charge in [0, 0.05) is 13.1 Å². The Balaban J connectivity index is 2.16. The van der Waals surface area contributed by atoms with Crippen LogP contribution in [-0.4, -0.2) is 49.1 Å². The number of likely N-dealkylation sites (tertiary alicyclic amines) is 1. The number of carbonyl (C=O) groups excluding carboxylic acids is 1. The maximum absolute atomic E-state index is 12.6. The lowest BCUT2D eigenvalue weighted by molar-refractivity contribution is -0.143. The zero-order valence-corrected chi connectivity index (χ0v) is 13.7. The summed E-state index contributed by atoms with van der Waals surface area (Å²) in [6.45, 7) is 2.22. The third-order valence-corrected chi connectivity index (χ3v) is 5.23. The van der Waals surface area contributed by atoms with Crippen LogP contribution in [0.25, 0.3) is 0 Å². The number of aliphatic carboxylic acids is 1. The molecule has 0 saturated carbocycles. The van der Waals surface area contributed by atoms with Crippen LogP contribution in [0.3, 0.4) is 0 Å². The van der Waals surface area contributed by atoms with Crippen molar-refractivity contribution in [2.24, 2.45) is 5.92 Å². The molecule has 0 atom stereocenters. The summed E-state index contributed by atoms with van der Waals surface area (Å²) >= 11 is 0. The highest BCUT2D eigenvalue weighted by Gasteiger charge is 2.28. The molecule has 2 rings (SSSR count). The predicted molar refractivity (Wildman–Crippen MR) is 85.8 cm³/mol. The molecule has 7 nitrogen and oxygen atoms in total. The third kappa shape index (κ3) is 4.22. The minimum Gasteiger partial charge on any atom is -0.481 e. The fourth-order valence-corrected chi connectivity index (χ4v) is 3.16. The Hall–Kier alpha value is -2.09. The smallest absolute Gasteiger partial charge is 0.306 e. The molecule has 0 aliphatic carbocycles. The lowest BCUT2D eigenvalue weighted by atomic mass is 9.96. The highest BCUT2D eigenvalue weighted by atomic mass is 32.2. The van der Waals surface area contributed by atoms with Crippen molar-refractivity contribution in [3.8, 4) is 0 Å². The summed E-state index contributed by atoms with van der Waals surface area (Å²) in [4.78, 5) is 25.1. The quantitative estimate of drug-likeness (QED) is 0.843. The van der Waals surface area contributed by atoms with E-state index in [1.807, 2.05) is 0 Å². The van der Waals surface area contributed by atoms with E-state index in [9.17, 15) is 18.0 Å². The lowest BCUT2D eigenvalue weighted by Gasteiger charge is -2.30. The number of para-hydroxylation sites is 1. The van der Waals surface area contributed by atoms with E-state index in [1.165, 1.54) is 6.92 Å². The molecule has 1 aliphatic rings. The molecule has 0 aromatic heterocycles. The van der Waals surface area contributed by atoms with Crippen molar-refractivity contribution in [2.75, 3.05) is 23.6 Å². The largest absolute Gasteiger partial charge is 0.481 e. The van der Waals surface area contributed by atoms with Crippen LogP contribution in [0.2, 0.25) is 0 Å². The summed E-state index contributed by atoms with van der Waals surface area (Å²) in [5.41, 5.74) is 0.526. The van der Waals surface area contributed by atoms with E-state index in [1.54, 1.807) is 29.2 Å². The van der Waals surface area contributed by atoms with E-state index in [0.717, 1.165) is 0 Å². The fourth-order valence-electron chi connectivity index (χ4n) is 2.50. The molecule has 23 heavy (non-hydrogen) atoms. The summed E-state index contributed by atoms with van der Waals surface area (Å²) in [7, 11) is -3.48. The molecule has 0 radical (unpaired) electrons. The second-order valence-corrected chi connectivity index (χ2v) is 7.47. The molecule has 0 bridgehead atoms. The first kappa shape index (κ1) is 17.3. The molecule has 2 N–H and O–H groups in total. The topological polar surface area (TPSA) is 104 Å². The Labute approximate surface area is 135 Å². The number of sulfonamides is 1. The van der Waals surface area contributed by atoms with Crippen molar-refractivity contribution < 1.29 is 23.1 Å². The number of rotatable bonds is 5. The molecular formula is C15H20N2O5S.